The first-order chi connectivity index (χ1) is 8.20. The number of amides is 2. The molecule has 1 heterocycles. The van der Waals surface area contributed by atoms with Gasteiger partial charge in [-0.25, -0.2) is 0 Å². The Bertz CT molecular complexity index is 462. The number of imide groups is 1. The Morgan fingerprint density at radius 1 is 1.12 bits per heavy atom. The standard InChI is InChI=1S/C12H11N3O2/c13-14-10-3-1-9(2-4-10)7-8-15-11(16)5-6-12(15)17/h1-6,9H,7-8H2. The Morgan fingerprint density at radius 3 is 2.24 bits per heavy atom. The summed E-state index contributed by atoms with van der Waals surface area (Å²) in [4.78, 5) is 26.8. The van der Waals surface area contributed by atoms with Crippen LogP contribution in [0.4, 0.5) is 0 Å². The molecule has 0 aromatic heterocycles. The largest absolute Gasteiger partial charge is 0.361 e. The summed E-state index contributed by atoms with van der Waals surface area (Å²) in [6, 6.07) is 0. The molecule has 0 spiro atoms. The fourth-order valence-corrected chi connectivity index (χ4v) is 1.75. The van der Waals surface area contributed by atoms with Crippen molar-refractivity contribution in [3.05, 3.63) is 42.0 Å². The van der Waals surface area contributed by atoms with Crippen LogP contribution in [0.25, 0.3) is 5.53 Å². The van der Waals surface area contributed by atoms with E-state index in [9.17, 15) is 9.59 Å². The predicted molar refractivity (Wildman–Crippen MR) is 60.9 cm³/mol. The first-order valence-electron chi connectivity index (χ1n) is 5.32. The molecule has 1 aliphatic carbocycles. The SMILES string of the molecule is [N-]=[N+]=C1C=CC(CCN2C(=O)C=CC2=O)C=C1. The maximum Gasteiger partial charge on any atom is 0.314 e. The minimum absolute atomic E-state index is 0.154. The van der Waals surface area contributed by atoms with E-state index in [1.165, 1.54) is 17.1 Å². The highest BCUT2D eigenvalue weighted by molar-refractivity contribution is 6.12. The molecule has 2 aliphatic rings. The zero-order chi connectivity index (χ0) is 12.3. The lowest BCUT2D eigenvalue weighted by Gasteiger charge is -2.16. The summed E-state index contributed by atoms with van der Waals surface area (Å²) in [5.74, 6) is -0.352. The van der Waals surface area contributed by atoms with Gasteiger partial charge in [0, 0.05) is 30.8 Å². The van der Waals surface area contributed by atoms with Crippen molar-refractivity contribution in [2.45, 2.75) is 6.42 Å². The summed E-state index contributed by atoms with van der Waals surface area (Å²) >= 11 is 0. The lowest BCUT2D eigenvalue weighted by molar-refractivity contribution is -0.136. The number of hydrogen-bond acceptors (Lipinski definition) is 2. The molecule has 0 bridgehead atoms. The average Bonchev–Trinajstić information content (AvgIpc) is 2.67. The lowest BCUT2D eigenvalue weighted by Crippen LogP contribution is -2.31. The summed E-state index contributed by atoms with van der Waals surface area (Å²) in [6.07, 6.45) is 10.4. The topological polar surface area (TPSA) is 73.8 Å². The summed E-state index contributed by atoms with van der Waals surface area (Å²) < 4.78 is 0. The van der Waals surface area contributed by atoms with E-state index < -0.39 is 0 Å². The van der Waals surface area contributed by atoms with Crippen molar-refractivity contribution in [2.24, 2.45) is 5.92 Å². The second kappa shape index (κ2) is 4.72. The van der Waals surface area contributed by atoms with E-state index in [0.29, 0.717) is 18.7 Å². The molecule has 0 radical (unpaired) electrons. The molecule has 0 saturated carbocycles. The third-order valence-corrected chi connectivity index (χ3v) is 2.73. The molecule has 5 heteroatoms. The van der Waals surface area contributed by atoms with Gasteiger partial charge in [0.2, 0.25) is 0 Å². The highest BCUT2D eigenvalue weighted by atomic mass is 16.2. The van der Waals surface area contributed by atoms with Crippen LogP contribution in [0.15, 0.2) is 36.5 Å². The molecule has 86 valence electrons. The highest BCUT2D eigenvalue weighted by Gasteiger charge is 2.23. The molecule has 0 fully saturated rings. The second-order valence-electron chi connectivity index (χ2n) is 3.86. The fraction of sp³-hybridized carbons (Fsp3) is 0.250. The van der Waals surface area contributed by atoms with E-state index in [1.54, 1.807) is 12.2 Å². The minimum Gasteiger partial charge on any atom is -0.361 e. The van der Waals surface area contributed by atoms with Crippen LogP contribution in [-0.2, 0) is 9.59 Å². The second-order valence-corrected chi connectivity index (χ2v) is 3.86. The van der Waals surface area contributed by atoms with Crippen LogP contribution in [0.5, 0.6) is 0 Å². The monoisotopic (exact) mass is 229 g/mol. The van der Waals surface area contributed by atoms with Gasteiger partial charge >= 0.3 is 5.71 Å². The van der Waals surface area contributed by atoms with Gasteiger partial charge in [-0.3, -0.25) is 14.5 Å². The van der Waals surface area contributed by atoms with Crippen molar-refractivity contribution in [1.29, 1.82) is 0 Å². The predicted octanol–water partition coefficient (Wildman–Crippen LogP) is 0.714. The van der Waals surface area contributed by atoms with Gasteiger partial charge in [0.1, 0.15) is 0 Å². The van der Waals surface area contributed by atoms with E-state index >= 15 is 0 Å². The van der Waals surface area contributed by atoms with Gasteiger partial charge in [0.25, 0.3) is 11.8 Å². The number of nitrogens with zero attached hydrogens (tertiary/aromatic N) is 3. The van der Waals surface area contributed by atoms with Crippen molar-refractivity contribution in [2.75, 3.05) is 6.54 Å². The summed E-state index contributed by atoms with van der Waals surface area (Å²) in [5.41, 5.74) is 9.03. The maximum atomic E-state index is 11.3. The molecule has 0 aromatic rings. The zero-order valence-corrected chi connectivity index (χ0v) is 9.11. The smallest absolute Gasteiger partial charge is 0.314 e. The van der Waals surface area contributed by atoms with Crippen LogP contribution >= 0.6 is 0 Å². The first-order valence-corrected chi connectivity index (χ1v) is 5.32. The van der Waals surface area contributed by atoms with Gasteiger partial charge in [0.05, 0.1) is 0 Å². The van der Waals surface area contributed by atoms with Crippen molar-refractivity contribution in [1.82, 2.24) is 4.90 Å². The highest BCUT2D eigenvalue weighted by Crippen LogP contribution is 2.14. The molecule has 2 rings (SSSR count). The molecule has 0 N–H and O–H groups in total. The van der Waals surface area contributed by atoms with Gasteiger partial charge < -0.3 is 5.53 Å². The lowest BCUT2D eigenvalue weighted by atomic mass is 9.99. The summed E-state index contributed by atoms with van der Waals surface area (Å²) in [6.45, 7) is 0.398. The van der Waals surface area contributed by atoms with E-state index in [0.717, 1.165) is 0 Å². The van der Waals surface area contributed by atoms with Crippen LogP contribution in [-0.4, -0.2) is 33.8 Å². The fourth-order valence-electron chi connectivity index (χ4n) is 1.75. The molecule has 0 aromatic carbocycles. The third-order valence-electron chi connectivity index (χ3n) is 2.73. The van der Waals surface area contributed by atoms with Gasteiger partial charge in [-0.15, -0.1) is 0 Å². The Labute approximate surface area is 98.3 Å². The molecule has 1 aliphatic heterocycles. The number of carbonyl (C=O) groups is 2. The van der Waals surface area contributed by atoms with E-state index in [4.69, 9.17) is 5.53 Å². The summed E-state index contributed by atoms with van der Waals surface area (Å²) in [7, 11) is 0. The number of rotatable bonds is 3. The van der Waals surface area contributed by atoms with E-state index in [2.05, 4.69) is 4.79 Å². The van der Waals surface area contributed by atoms with Crippen LogP contribution in [0.1, 0.15) is 6.42 Å². The maximum absolute atomic E-state index is 11.3. The number of carbonyl (C=O) groups excluding carboxylic acids is 2. The van der Waals surface area contributed by atoms with Crippen molar-refractivity contribution in [3.63, 3.8) is 0 Å². The first kappa shape index (κ1) is 11.2. The molecular weight excluding hydrogens is 218 g/mol. The van der Waals surface area contributed by atoms with Crippen molar-refractivity contribution >= 4 is 17.5 Å². The Hall–Kier alpha value is -2.26. The van der Waals surface area contributed by atoms with Gasteiger partial charge in [-0.05, 0) is 12.3 Å². The van der Waals surface area contributed by atoms with Crippen molar-refractivity contribution < 1.29 is 14.4 Å². The molecule has 5 nitrogen and oxygen atoms in total. The van der Waals surface area contributed by atoms with Crippen LogP contribution in [0.3, 0.4) is 0 Å². The number of hydrogen-bond donors (Lipinski definition) is 0. The Balaban J connectivity index is 1.88. The van der Waals surface area contributed by atoms with Gasteiger partial charge in [0.15, 0.2) is 0 Å². The van der Waals surface area contributed by atoms with E-state index in [1.807, 2.05) is 12.2 Å². The normalized spacial score (nSPS) is 22.5. The Morgan fingerprint density at radius 2 is 1.71 bits per heavy atom. The zero-order valence-electron chi connectivity index (χ0n) is 9.11. The molecule has 0 unspecified atom stereocenters. The van der Waals surface area contributed by atoms with Gasteiger partial charge in [-0.2, -0.15) is 4.79 Å². The quantitative estimate of drug-likeness (QED) is 0.406. The average molecular weight is 229 g/mol. The summed E-state index contributed by atoms with van der Waals surface area (Å²) in [5, 5.41) is 0. The molecule has 0 atom stereocenters. The van der Waals surface area contributed by atoms with Crippen LogP contribution in [0, 0.1) is 5.92 Å². The van der Waals surface area contributed by atoms with E-state index in [-0.39, 0.29) is 17.7 Å². The third kappa shape index (κ3) is 2.46. The van der Waals surface area contributed by atoms with Crippen LogP contribution < -0.4 is 0 Å². The molecule has 17 heavy (non-hydrogen) atoms. The van der Waals surface area contributed by atoms with Crippen molar-refractivity contribution in [3.8, 4) is 0 Å². The van der Waals surface area contributed by atoms with Gasteiger partial charge in [-0.1, -0.05) is 12.2 Å². The van der Waals surface area contributed by atoms with Crippen LogP contribution in [0.2, 0.25) is 0 Å². The molecule has 0 saturated heterocycles. The number of allylic oxidation sites excluding steroid dienone is 4. The molecule has 2 amide bonds. The minimum atomic E-state index is -0.253. The molecular formula is C12H11N3O2. The Kier molecular flexibility index (Phi) is 3.12.